The van der Waals surface area contributed by atoms with Gasteiger partial charge in [0.2, 0.25) is 21.8 Å². The van der Waals surface area contributed by atoms with Crippen molar-refractivity contribution in [2.24, 2.45) is 0 Å². The molecular weight excluding hydrogens is 320 g/mol. The first kappa shape index (κ1) is 17.4. The molecule has 2 rings (SSSR count). The highest BCUT2D eigenvalue weighted by Gasteiger charge is 2.22. The third-order valence-corrected chi connectivity index (χ3v) is 4.72. The van der Waals surface area contributed by atoms with Crippen LogP contribution in [0.5, 0.6) is 0 Å². The molecule has 0 saturated carbocycles. The zero-order valence-electron chi connectivity index (χ0n) is 13.1. The van der Waals surface area contributed by atoms with E-state index in [-0.39, 0.29) is 17.3 Å². The topological polar surface area (TPSA) is 98.8 Å². The van der Waals surface area contributed by atoms with Crippen LogP contribution in [0.4, 0.5) is 5.69 Å². The number of anilines is 1. The summed E-state index contributed by atoms with van der Waals surface area (Å²) in [5, 5.41) is 1.43. The molecule has 0 spiro atoms. The molecule has 0 bridgehead atoms. The number of hydrogen-bond acceptors (Lipinski definition) is 5. The standard InChI is InChI=1S/C14H20N4O4S/c1-17(2)16-13(19)10-15-23(21,22)12-7-5-11(6-8-12)18-9-3-4-14(18)20/h5-8,15H,3-4,9-10H2,1-2H3,(H,16,19). The van der Waals surface area contributed by atoms with E-state index in [4.69, 9.17) is 0 Å². The highest BCUT2D eigenvalue weighted by Crippen LogP contribution is 2.22. The minimum Gasteiger partial charge on any atom is -0.312 e. The summed E-state index contributed by atoms with van der Waals surface area (Å²) in [5.74, 6) is -0.419. The van der Waals surface area contributed by atoms with Gasteiger partial charge in [-0.05, 0) is 30.7 Å². The molecule has 1 saturated heterocycles. The van der Waals surface area contributed by atoms with Gasteiger partial charge in [0.1, 0.15) is 0 Å². The Morgan fingerprint density at radius 2 is 1.91 bits per heavy atom. The van der Waals surface area contributed by atoms with Crippen LogP contribution >= 0.6 is 0 Å². The molecule has 8 nitrogen and oxygen atoms in total. The van der Waals surface area contributed by atoms with Crippen LogP contribution in [0.15, 0.2) is 29.2 Å². The summed E-state index contributed by atoms with van der Waals surface area (Å²) in [4.78, 5) is 24.8. The van der Waals surface area contributed by atoms with Gasteiger partial charge >= 0.3 is 0 Å². The maximum Gasteiger partial charge on any atom is 0.249 e. The number of amides is 2. The van der Waals surface area contributed by atoms with Crippen molar-refractivity contribution >= 4 is 27.5 Å². The number of hydrogen-bond donors (Lipinski definition) is 2. The van der Waals surface area contributed by atoms with Gasteiger partial charge in [0.25, 0.3) is 0 Å². The summed E-state index contributed by atoms with van der Waals surface area (Å²) in [6.07, 6.45) is 1.32. The average Bonchev–Trinajstić information content (AvgIpc) is 2.91. The van der Waals surface area contributed by atoms with E-state index in [1.807, 2.05) is 0 Å². The molecule has 9 heteroatoms. The molecule has 1 heterocycles. The van der Waals surface area contributed by atoms with Crippen molar-refractivity contribution in [1.29, 1.82) is 0 Å². The van der Waals surface area contributed by atoms with Crippen LogP contribution in [-0.2, 0) is 19.6 Å². The third-order valence-electron chi connectivity index (χ3n) is 3.30. The van der Waals surface area contributed by atoms with Crippen molar-refractivity contribution in [3.63, 3.8) is 0 Å². The molecule has 1 aliphatic rings. The summed E-state index contributed by atoms with van der Waals surface area (Å²) < 4.78 is 26.5. The summed E-state index contributed by atoms with van der Waals surface area (Å²) in [7, 11) is -0.518. The lowest BCUT2D eigenvalue weighted by Gasteiger charge is -2.16. The van der Waals surface area contributed by atoms with Gasteiger partial charge in [-0.25, -0.2) is 18.1 Å². The van der Waals surface area contributed by atoms with Gasteiger partial charge in [-0.15, -0.1) is 0 Å². The maximum atomic E-state index is 12.1. The predicted octanol–water partition coefficient (Wildman–Crippen LogP) is -0.315. The van der Waals surface area contributed by atoms with E-state index in [9.17, 15) is 18.0 Å². The van der Waals surface area contributed by atoms with Crippen LogP contribution in [-0.4, -0.2) is 52.4 Å². The smallest absolute Gasteiger partial charge is 0.249 e. The highest BCUT2D eigenvalue weighted by molar-refractivity contribution is 7.89. The number of rotatable bonds is 6. The second-order valence-corrected chi connectivity index (χ2v) is 7.16. The zero-order chi connectivity index (χ0) is 17.0. The number of carbonyl (C=O) groups excluding carboxylic acids is 2. The first-order valence-electron chi connectivity index (χ1n) is 7.16. The van der Waals surface area contributed by atoms with E-state index >= 15 is 0 Å². The maximum absolute atomic E-state index is 12.1. The lowest BCUT2D eigenvalue weighted by molar-refractivity contribution is -0.123. The molecule has 0 radical (unpaired) electrons. The van der Waals surface area contributed by atoms with Crippen LogP contribution in [0.2, 0.25) is 0 Å². The van der Waals surface area contributed by atoms with Crippen molar-refractivity contribution in [3.05, 3.63) is 24.3 Å². The largest absolute Gasteiger partial charge is 0.312 e. The van der Waals surface area contributed by atoms with E-state index in [0.717, 1.165) is 6.42 Å². The molecule has 1 fully saturated rings. The van der Waals surface area contributed by atoms with E-state index in [1.165, 1.54) is 17.1 Å². The number of sulfonamides is 1. The Balaban J connectivity index is 2.02. The van der Waals surface area contributed by atoms with Crippen LogP contribution in [0, 0.1) is 0 Å². The van der Waals surface area contributed by atoms with Gasteiger partial charge in [-0.3, -0.25) is 15.0 Å². The third kappa shape index (κ3) is 4.50. The second kappa shape index (κ2) is 7.07. The highest BCUT2D eigenvalue weighted by atomic mass is 32.2. The molecule has 1 aliphatic heterocycles. The fraction of sp³-hybridized carbons (Fsp3) is 0.429. The van der Waals surface area contributed by atoms with Gasteiger partial charge in [-0.1, -0.05) is 0 Å². The molecule has 0 aromatic heterocycles. The quantitative estimate of drug-likeness (QED) is 0.692. The van der Waals surface area contributed by atoms with E-state index in [1.54, 1.807) is 31.1 Å². The Morgan fingerprint density at radius 3 is 2.43 bits per heavy atom. The first-order valence-corrected chi connectivity index (χ1v) is 8.65. The van der Waals surface area contributed by atoms with Crippen LogP contribution in [0.25, 0.3) is 0 Å². The van der Waals surface area contributed by atoms with Crippen molar-refractivity contribution < 1.29 is 18.0 Å². The van der Waals surface area contributed by atoms with Crippen LogP contribution in [0.3, 0.4) is 0 Å². The predicted molar refractivity (Wildman–Crippen MR) is 85.0 cm³/mol. The number of hydrazine groups is 1. The number of benzene rings is 1. The van der Waals surface area contributed by atoms with E-state index < -0.39 is 15.9 Å². The molecule has 2 amide bonds. The molecular formula is C14H20N4O4S. The normalized spacial score (nSPS) is 15.3. The molecule has 0 unspecified atom stereocenters. The van der Waals surface area contributed by atoms with Gasteiger partial charge in [-0.2, -0.15) is 0 Å². The monoisotopic (exact) mass is 340 g/mol. The van der Waals surface area contributed by atoms with Gasteiger partial charge in [0.15, 0.2) is 0 Å². The van der Waals surface area contributed by atoms with Crippen molar-refractivity contribution in [2.75, 3.05) is 32.1 Å². The Bertz CT molecular complexity index is 685. The minimum atomic E-state index is -3.78. The van der Waals surface area contributed by atoms with E-state index in [0.29, 0.717) is 18.7 Å². The zero-order valence-corrected chi connectivity index (χ0v) is 13.9. The SMILES string of the molecule is CN(C)NC(=O)CNS(=O)(=O)c1ccc(N2CCCC2=O)cc1. The summed E-state index contributed by atoms with van der Waals surface area (Å²) >= 11 is 0. The van der Waals surface area contributed by atoms with Gasteiger partial charge in [0.05, 0.1) is 11.4 Å². The fourth-order valence-electron chi connectivity index (χ4n) is 2.26. The van der Waals surface area contributed by atoms with E-state index in [2.05, 4.69) is 10.1 Å². The van der Waals surface area contributed by atoms with Crippen LogP contribution in [0.1, 0.15) is 12.8 Å². The molecule has 1 aromatic carbocycles. The molecule has 126 valence electrons. The molecule has 23 heavy (non-hydrogen) atoms. The van der Waals surface area contributed by atoms with Gasteiger partial charge < -0.3 is 4.90 Å². The lowest BCUT2D eigenvalue weighted by atomic mass is 10.3. The van der Waals surface area contributed by atoms with Crippen LogP contribution < -0.4 is 15.0 Å². The Hall–Kier alpha value is -1.97. The Labute approximate surface area is 135 Å². The molecule has 2 N–H and O–H groups in total. The molecule has 0 atom stereocenters. The van der Waals surface area contributed by atoms with Crippen molar-refractivity contribution in [2.45, 2.75) is 17.7 Å². The Kier molecular flexibility index (Phi) is 5.34. The Morgan fingerprint density at radius 1 is 1.26 bits per heavy atom. The second-order valence-electron chi connectivity index (χ2n) is 5.40. The van der Waals surface area contributed by atoms with Gasteiger partial charge in [0, 0.05) is 32.7 Å². The lowest BCUT2D eigenvalue weighted by Crippen LogP contribution is -2.42. The molecule has 1 aromatic rings. The first-order chi connectivity index (χ1) is 10.8. The number of nitrogens with one attached hydrogen (secondary N) is 2. The number of nitrogens with zero attached hydrogens (tertiary/aromatic N) is 2. The minimum absolute atomic E-state index is 0.0408. The fourth-order valence-corrected chi connectivity index (χ4v) is 3.24. The van der Waals surface area contributed by atoms with Crippen molar-refractivity contribution in [1.82, 2.24) is 15.2 Å². The average molecular weight is 340 g/mol. The van der Waals surface area contributed by atoms with Crippen molar-refractivity contribution in [3.8, 4) is 0 Å². The summed E-state index contributed by atoms with van der Waals surface area (Å²) in [6, 6.07) is 6.04. The summed E-state index contributed by atoms with van der Waals surface area (Å²) in [5.41, 5.74) is 3.12. The summed E-state index contributed by atoms with van der Waals surface area (Å²) in [6.45, 7) is 0.292. The number of carbonyl (C=O) groups is 2. The molecule has 0 aliphatic carbocycles.